The van der Waals surface area contributed by atoms with Gasteiger partial charge in [0.2, 0.25) is 10.0 Å². The summed E-state index contributed by atoms with van der Waals surface area (Å²) < 4.78 is 97.2. The summed E-state index contributed by atoms with van der Waals surface area (Å²) in [5, 5.41) is 10.0. The minimum atomic E-state index is -4.71. The number of hydrogen-bond donors (Lipinski definition) is 1. The molecular weight excluding hydrogens is 519 g/mol. The minimum Gasteiger partial charge on any atom is -0.435 e. The number of halogens is 5. The van der Waals surface area contributed by atoms with Gasteiger partial charge in [0, 0.05) is 24.0 Å². The molecule has 1 aromatic carbocycles. The maximum absolute atomic E-state index is 13.3. The van der Waals surface area contributed by atoms with E-state index in [2.05, 4.69) is 15.8 Å². The molecule has 0 bridgehead atoms. The fourth-order valence-corrected chi connectivity index (χ4v) is 6.73. The molecule has 2 heterocycles. The number of benzene rings is 1. The summed E-state index contributed by atoms with van der Waals surface area (Å²) in [6.45, 7) is -3.01. The molecule has 198 valence electrons. The number of rotatable bonds is 7. The summed E-state index contributed by atoms with van der Waals surface area (Å²) in [6.07, 6.45) is -0.876. The predicted molar refractivity (Wildman–Crippen MR) is 121 cm³/mol. The highest BCUT2D eigenvalue weighted by atomic mass is 32.2. The minimum absolute atomic E-state index is 0.00251. The van der Waals surface area contributed by atoms with E-state index in [1.54, 1.807) is 10.8 Å². The number of nitriles is 1. The number of ether oxygens (including phenoxy) is 1. The molecule has 2 aromatic rings. The molecule has 0 amide bonds. The zero-order valence-corrected chi connectivity index (χ0v) is 20.2. The monoisotopic (exact) mass is 542 g/mol. The van der Waals surface area contributed by atoms with Crippen molar-refractivity contribution in [3.63, 3.8) is 0 Å². The molecule has 2 atom stereocenters. The topological polar surface area (TPSA) is 95.3 Å². The van der Waals surface area contributed by atoms with Crippen molar-refractivity contribution in [3.8, 4) is 11.8 Å². The summed E-state index contributed by atoms with van der Waals surface area (Å²) >= 11 is 0. The second-order valence-electron chi connectivity index (χ2n) is 9.60. The molecule has 1 aliphatic heterocycles. The Hall–Kier alpha value is -2.98. The van der Waals surface area contributed by atoms with Crippen LogP contribution in [0.1, 0.15) is 61.7 Å². The first-order valence-electron chi connectivity index (χ1n) is 11.8. The van der Waals surface area contributed by atoms with E-state index in [-0.39, 0.29) is 24.6 Å². The Labute approximate surface area is 210 Å². The molecule has 5 rings (SSSR count). The Bertz CT molecular complexity index is 1320. The SMILES string of the molecule is N#CC1c2ccc(OC(F)F)cc2N(C2CCCC2)C1c1ccc(S(=O)(=O)NC2(C(F)(F)F)CC2)cn1. The maximum Gasteiger partial charge on any atom is 0.407 e. The molecule has 0 radical (unpaired) electrons. The molecule has 2 aliphatic carbocycles. The van der Waals surface area contributed by atoms with Crippen LogP contribution < -0.4 is 14.4 Å². The quantitative estimate of drug-likeness (QED) is 0.486. The summed E-state index contributed by atoms with van der Waals surface area (Å²) in [4.78, 5) is 5.81. The van der Waals surface area contributed by atoms with E-state index in [1.165, 1.54) is 24.3 Å². The fourth-order valence-electron chi connectivity index (χ4n) is 5.34. The van der Waals surface area contributed by atoms with Gasteiger partial charge in [-0.15, -0.1) is 0 Å². The fraction of sp³-hybridized carbons (Fsp3) is 0.500. The Morgan fingerprint density at radius 1 is 1.16 bits per heavy atom. The molecule has 0 saturated heterocycles. The maximum atomic E-state index is 13.3. The predicted octanol–water partition coefficient (Wildman–Crippen LogP) is 5.17. The number of pyridine rings is 1. The first kappa shape index (κ1) is 25.7. The van der Waals surface area contributed by atoms with Crippen molar-refractivity contribution < 1.29 is 35.1 Å². The third-order valence-electron chi connectivity index (χ3n) is 7.31. The largest absolute Gasteiger partial charge is 0.435 e. The highest BCUT2D eigenvalue weighted by molar-refractivity contribution is 7.89. The zero-order chi connectivity index (χ0) is 26.6. The van der Waals surface area contributed by atoms with Crippen LogP contribution in [0.25, 0.3) is 0 Å². The lowest BCUT2D eigenvalue weighted by atomic mass is 9.93. The molecule has 3 aliphatic rings. The van der Waals surface area contributed by atoms with Crippen LogP contribution in [0.4, 0.5) is 27.6 Å². The third kappa shape index (κ3) is 4.61. The molecular formula is C24H23F5N4O3S. The molecule has 2 fully saturated rings. The molecule has 1 aromatic heterocycles. The van der Waals surface area contributed by atoms with E-state index in [0.717, 1.165) is 31.9 Å². The number of nitrogens with one attached hydrogen (secondary N) is 1. The van der Waals surface area contributed by atoms with Gasteiger partial charge in [-0.1, -0.05) is 18.9 Å². The first-order chi connectivity index (χ1) is 17.5. The van der Waals surface area contributed by atoms with E-state index in [4.69, 9.17) is 0 Å². The summed E-state index contributed by atoms with van der Waals surface area (Å²) in [5.41, 5.74) is -0.924. The third-order valence-corrected chi connectivity index (χ3v) is 8.83. The van der Waals surface area contributed by atoms with Gasteiger partial charge in [-0.25, -0.2) is 8.42 Å². The van der Waals surface area contributed by atoms with Crippen LogP contribution in [0.15, 0.2) is 41.4 Å². The average molecular weight is 543 g/mol. The second-order valence-corrected chi connectivity index (χ2v) is 11.3. The second kappa shape index (κ2) is 9.09. The van der Waals surface area contributed by atoms with Crippen LogP contribution in [-0.2, 0) is 10.0 Å². The van der Waals surface area contributed by atoms with Gasteiger partial charge in [-0.2, -0.15) is 31.9 Å². The van der Waals surface area contributed by atoms with Crippen molar-refractivity contribution in [3.05, 3.63) is 47.8 Å². The van der Waals surface area contributed by atoms with Crippen LogP contribution in [0, 0.1) is 11.3 Å². The van der Waals surface area contributed by atoms with E-state index < -0.39 is 45.2 Å². The van der Waals surface area contributed by atoms with Crippen LogP contribution >= 0.6 is 0 Å². The summed E-state index contributed by atoms with van der Waals surface area (Å²) in [7, 11) is -4.50. The standard InChI is InChI=1S/C24H23F5N4O3S/c25-22(26)36-15-5-7-17-18(12-30)21(33(20(17)11-15)14-3-1-2-4-14)19-8-6-16(13-31-19)37(34,35)32-23(9-10-23)24(27,28)29/h5-8,11,13-14,18,21-22,32H,1-4,9-10H2. The molecule has 2 unspecified atom stereocenters. The molecule has 2 saturated carbocycles. The normalized spacial score (nSPS) is 23.2. The van der Waals surface area contributed by atoms with Crippen molar-refractivity contribution in [2.75, 3.05) is 4.90 Å². The van der Waals surface area contributed by atoms with Gasteiger partial charge in [-0.05, 0) is 49.4 Å². The smallest absolute Gasteiger partial charge is 0.407 e. The number of alkyl halides is 5. The summed E-state index contributed by atoms with van der Waals surface area (Å²) in [5.74, 6) is -0.780. The number of anilines is 1. The number of nitrogens with zero attached hydrogens (tertiary/aromatic N) is 3. The average Bonchev–Trinajstić information content (AvgIpc) is 3.29. The van der Waals surface area contributed by atoms with E-state index in [0.29, 0.717) is 16.9 Å². The van der Waals surface area contributed by atoms with Crippen molar-refractivity contribution in [2.24, 2.45) is 0 Å². The molecule has 13 heteroatoms. The van der Waals surface area contributed by atoms with Crippen LogP contribution in [0.2, 0.25) is 0 Å². The Morgan fingerprint density at radius 3 is 2.41 bits per heavy atom. The molecule has 7 nitrogen and oxygen atoms in total. The van der Waals surface area contributed by atoms with Gasteiger partial charge in [0.05, 0.1) is 23.7 Å². The Morgan fingerprint density at radius 2 is 1.86 bits per heavy atom. The molecule has 1 N–H and O–H groups in total. The van der Waals surface area contributed by atoms with Gasteiger partial charge >= 0.3 is 12.8 Å². The zero-order valence-electron chi connectivity index (χ0n) is 19.4. The number of sulfonamides is 1. The van der Waals surface area contributed by atoms with Gasteiger partial charge in [0.25, 0.3) is 0 Å². The highest BCUT2D eigenvalue weighted by Crippen LogP contribution is 2.53. The molecule has 37 heavy (non-hydrogen) atoms. The number of hydrogen-bond acceptors (Lipinski definition) is 6. The summed E-state index contributed by atoms with van der Waals surface area (Å²) in [6, 6.07) is 8.59. The molecule has 0 spiro atoms. The van der Waals surface area contributed by atoms with E-state index in [1.807, 2.05) is 4.90 Å². The van der Waals surface area contributed by atoms with Crippen molar-refractivity contribution in [1.29, 1.82) is 5.26 Å². The van der Waals surface area contributed by atoms with Crippen molar-refractivity contribution in [1.82, 2.24) is 9.71 Å². The van der Waals surface area contributed by atoms with Gasteiger partial charge < -0.3 is 9.64 Å². The van der Waals surface area contributed by atoms with Gasteiger partial charge in [-0.3, -0.25) is 4.98 Å². The van der Waals surface area contributed by atoms with Gasteiger partial charge in [0.15, 0.2) is 0 Å². The lowest BCUT2D eigenvalue weighted by molar-refractivity contribution is -0.160. The van der Waals surface area contributed by atoms with Crippen molar-refractivity contribution in [2.45, 2.75) is 79.7 Å². The Balaban J connectivity index is 1.49. The van der Waals surface area contributed by atoms with Crippen LogP contribution in [0.5, 0.6) is 5.75 Å². The van der Waals surface area contributed by atoms with E-state index >= 15 is 0 Å². The van der Waals surface area contributed by atoms with Gasteiger partial charge in [0.1, 0.15) is 16.2 Å². The number of aromatic nitrogens is 1. The Kier molecular flexibility index (Phi) is 6.31. The first-order valence-corrected chi connectivity index (χ1v) is 13.3. The van der Waals surface area contributed by atoms with Crippen LogP contribution in [0.3, 0.4) is 0 Å². The van der Waals surface area contributed by atoms with Crippen LogP contribution in [-0.4, -0.2) is 37.8 Å². The number of fused-ring (bicyclic) bond motifs is 1. The van der Waals surface area contributed by atoms with Crippen molar-refractivity contribution >= 4 is 15.7 Å². The lowest BCUT2D eigenvalue weighted by Crippen LogP contribution is -2.47. The lowest BCUT2D eigenvalue weighted by Gasteiger charge is -2.34. The van der Waals surface area contributed by atoms with E-state index in [9.17, 15) is 35.6 Å². The highest BCUT2D eigenvalue weighted by Gasteiger charge is 2.65.